The lowest BCUT2D eigenvalue weighted by molar-refractivity contribution is 0.0697. The smallest absolute Gasteiger partial charge is 0.337 e. The maximum Gasteiger partial charge on any atom is 0.337 e. The molecule has 0 radical (unpaired) electrons. The van der Waals surface area contributed by atoms with Crippen LogP contribution in [0.4, 0.5) is 5.69 Å². The summed E-state index contributed by atoms with van der Waals surface area (Å²) in [6.07, 6.45) is 12.7. The maximum absolute atomic E-state index is 11.0. The number of hydrogen-bond donors (Lipinski definition) is 1. The van der Waals surface area contributed by atoms with Crippen molar-refractivity contribution in [2.75, 3.05) is 6.61 Å². The summed E-state index contributed by atoms with van der Waals surface area (Å²) in [5.41, 5.74) is 0.442. The number of carbonyl (C=O) groups is 1. The molecule has 0 atom stereocenters. The van der Waals surface area contributed by atoms with Gasteiger partial charge in [0.05, 0.1) is 5.56 Å². The minimum absolute atomic E-state index is 0.129. The molecule has 5 heteroatoms. The molecule has 0 aliphatic carbocycles. The summed E-state index contributed by atoms with van der Waals surface area (Å²) in [4.78, 5) is 16.1. The molecule has 0 saturated carbocycles. The average molecular weight is 334 g/mol. The molecular formula is C19H30N2O3. The van der Waals surface area contributed by atoms with E-state index in [0.717, 1.165) is 12.8 Å². The Hall–Kier alpha value is -1.91. The van der Waals surface area contributed by atoms with Crippen molar-refractivity contribution in [3.05, 3.63) is 29.8 Å². The standard InChI is InChI=1S/C19H30N2O3/c1-2-3-4-5-6-7-8-9-10-13-16-24-21-20-18-15-12-11-14-17(18)19(22)23/h11-12,14-15H,2-10,13,16H2,1H3,(H,22,23). The molecule has 0 amide bonds. The Kier molecular flexibility index (Phi) is 11.3. The number of unbranched alkanes of at least 4 members (excludes halogenated alkanes) is 9. The van der Waals surface area contributed by atoms with Gasteiger partial charge in [0.1, 0.15) is 12.3 Å². The second-order valence-electron chi connectivity index (χ2n) is 6.02. The summed E-state index contributed by atoms with van der Waals surface area (Å²) >= 11 is 0. The van der Waals surface area contributed by atoms with E-state index in [2.05, 4.69) is 17.3 Å². The zero-order valence-electron chi connectivity index (χ0n) is 14.7. The molecule has 134 valence electrons. The van der Waals surface area contributed by atoms with E-state index >= 15 is 0 Å². The second-order valence-corrected chi connectivity index (χ2v) is 6.02. The van der Waals surface area contributed by atoms with Crippen molar-refractivity contribution in [1.29, 1.82) is 0 Å². The third-order valence-electron chi connectivity index (χ3n) is 3.93. The van der Waals surface area contributed by atoms with Gasteiger partial charge in [-0.15, -0.1) is 5.11 Å². The Morgan fingerprint density at radius 1 is 0.958 bits per heavy atom. The summed E-state index contributed by atoms with van der Waals surface area (Å²) in [6, 6.07) is 6.49. The predicted octanol–water partition coefficient (Wildman–Crippen LogP) is 6.32. The molecule has 0 spiro atoms. The lowest BCUT2D eigenvalue weighted by atomic mass is 10.1. The molecule has 0 aromatic heterocycles. The van der Waals surface area contributed by atoms with Crippen molar-refractivity contribution in [1.82, 2.24) is 0 Å². The highest BCUT2D eigenvalue weighted by atomic mass is 16.6. The van der Waals surface area contributed by atoms with Crippen molar-refractivity contribution in [3.63, 3.8) is 0 Å². The van der Waals surface area contributed by atoms with E-state index in [1.807, 2.05) is 0 Å². The average Bonchev–Trinajstić information content (AvgIpc) is 2.59. The molecule has 0 heterocycles. The van der Waals surface area contributed by atoms with Crippen LogP contribution in [0.25, 0.3) is 0 Å². The molecule has 1 aromatic rings. The van der Waals surface area contributed by atoms with Gasteiger partial charge in [-0.25, -0.2) is 4.79 Å². The van der Waals surface area contributed by atoms with Crippen LogP contribution in [0.3, 0.4) is 0 Å². The number of benzene rings is 1. The molecule has 0 saturated heterocycles. The van der Waals surface area contributed by atoms with E-state index in [1.54, 1.807) is 18.2 Å². The van der Waals surface area contributed by atoms with Crippen molar-refractivity contribution < 1.29 is 14.7 Å². The third kappa shape index (κ3) is 9.28. The predicted molar refractivity (Wildman–Crippen MR) is 95.7 cm³/mol. The van der Waals surface area contributed by atoms with Gasteiger partial charge in [-0.2, -0.15) is 0 Å². The molecule has 0 aliphatic rings. The molecule has 5 nitrogen and oxygen atoms in total. The van der Waals surface area contributed by atoms with Gasteiger partial charge in [0.2, 0.25) is 0 Å². The van der Waals surface area contributed by atoms with Gasteiger partial charge in [-0.05, 0) is 25.0 Å². The molecule has 0 fully saturated rings. The third-order valence-corrected chi connectivity index (χ3v) is 3.93. The number of carboxylic acid groups (broad SMARTS) is 1. The first-order valence-corrected chi connectivity index (χ1v) is 9.11. The van der Waals surface area contributed by atoms with Crippen LogP contribution in [-0.4, -0.2) is 17.7 Å². The number of carboxylic acids is 1. The first-order chi connectivity index (χ1) is 11.8. The minimum atomic E-state index is -1.01. The van der Waals surface area contributed by atoms with Crippen LogP contribution < -0.4 is 0 Å². The number of nitrogens with zero attached hydrogens (tertiary/aromatic N) is 2. The van der Waals surface area contributed by atoms with Crippen molar-refractivity contribution in [2.45, 2.75) is 71.1 Å². The van der Waals surface area contributed by atoms with Gasteiger partial charge >= 0.3 is 5.97 Å². The van der Waals surface area contributed by atoms with Crippen LogP contribution in [0.5, 0.6) is 0 Å². The molecule has 1 rings (SSSR count). The highest BCUT2D eigenvalue weighted by Crippen LogP contribution is 2.19. The monoisotopic (exact) mass is 334 g/mol. The fourth-order valence-electron chi connectivity index (χ4n) is 2.51. The van der Waals surface area contributed by atoms with Gasteiger partial charge in [0.25, 0.3) is 0 Å². The van der Waals surface area contributed by atoms with E-state index in [1.165, 1.54) is 57.4 Å². The zero-order chi connectivity index (χ0) is 17.5. The normalized spacial score (nSPS) is 11.0. The number of hydrogen-bond acceptors (Lipinski definition) is 4. The van der Waals surface area contributed by atoms with Crippen LogP contribution in [0.2, 0.25) is 0 Å². The van der Waals surface area contributed by atoms with E-state index in [-0.39, 0.29) is 5.56 Å². The highest BCUT2D eigenvalue weighted by molar-refractivity contribution is 5.93. The van der Waals surface area contributed by atoms with Crippen LogP contribution in [-0.2, 0) is 4.84 Å². The molecule has 0 unspecified atom stereocenters. The summed E-state index contributed by atoms with van der Waals surface area (Å²) in [5, 5.41) is 16.5. The molecule has 0 bridgehead atoms. The van der Waals surface area contributed by atoms with E-state index in [9.17, 15) is 4.79 Å². The van der Waals surface area contributed by atoms with Gasteiger partial charge < -0.3 is 9.94 Å². The quantitative estimate of drug-likeness (QED) is 0.246. The zero-order valence-corrected chi connectivity index (χ0v) is 14.7. The second kappa shape index (κ2) is 13.5. The Morgan fingerprint density at radius 3 is 2.17 bits per heavy atom. The molecule has 1 N–H and O–H groups in total. The summed E-state index contributed by atoms with van der Waals surface area (Å²) in [6.45, 7) is 2.77. The first-order valence-electron chi connectivity index (χ1n) is 9.11. The molecule has 24 heavy (non-hydrogen) atoms. The Bertz CT molecular complexity index is 489. The van der Waals surface area contributed by atoms with Crippen molar-refractivity contribution in [3.8, 4) is 0 Å². The lowest BCUT2D eigenvalue weighted by Crippen LogP contribution is -1.95. The largest absolute Gasteiger partial charge is 0.478 e. The van der Waals surface area contributed by atoms with Crippen LogP contribution in [0.1, 0.15) is 81.5 Å². The van der Waals surface area contributed by atoms with Gasteiger partial charge in [0, 0.05) is 5.28 Å². The fourth-order valence-corrected chi connectivity index (χ4v) is 2.51. The molecular weight excluding hydrogens is 304 g/mol. The lowest BCUT2D eigenvalue weighted by Gasteiger charge is -2.02. The summed E-state index contributed by atoms with van der Waals surface area (Å²) in [5.74, 6) is -1.01. The van der Waals surface area contributed by atoms with Crippen molar-refractivity contribution >= 4 is 11.7 Å². The summed E-state index contributed by atoms with van der Waals surface area (Å²) in [7, 11) is 0. The minimum Gasteiger partial charge on any atom is -0.478 e. The van der Waals surface area contributed by atoms with Gasteiger partial charge in [-0.3, -0.25) is 0 Å². The SMILES string of the molecule is CCCCCCCCCCCCON=Nc1ccccc1C(=O)O. The maximum atomic E-state index is 11.0. The topological polar surface area (TPSA) is 71.2 Å². The van der Waals surface area contributed by atoms with Crippen LogP contribution >= 0.6 is 0 Å². The van der Waals surface area contributed by atoms with E-state index in [4.69, 9.17) is 9.94 Å². The Morgan fingerprint density at radius 2 is 1.54 bits per heavy atom. The van der Waals surface area contributed by atoms with Crippen LogP contribution in [0.15, 0.2) is 34.7 Å². The molecule has 1 aromatic carbocycles. The number of rotatable bonds is 14. The van der Waals surface area contributed by atoms with Gasteiger partial charge in [0.15, 0.2) is 0 Å². The highest BCUT2D eigenvalue weighted by Gasteiger charge is 2.07. The van der Waals surface area contributed by atoms with Crippen LogP contribution in [0, 0.1) is 0 Å². The van der Waals surface area contributed by atoms with E-state index in [0.29, 0.717) is 12.3 Å². The fraction of sp³-hybridized carbons (Fsp3) is 0.632. The Balaban J connectivity index is 2.02. The Labute approximate surface area is 145 Å². The summed E-state index contributed by atoms with van der Waals surface area (Å²) < 4.78 is 0. The van der Waals surface area contributed by atoms with E-state index < -0.39 is 5.97 Å². The molecule has 0 aliphatic heterocycles. The number of aromatic carboxylic acids is 1. The van der Waals surface area contributed by atoms with Crippen molar-refractivity contribution in [2.24, 2.45) is 10.4 Å². The van der Waals surface area contributed by atoms with Gasteiger partial charge in [-0.1, -0.05) is 70.4 Å². The first kappa shape index (κ1) is 20.1.